The van der Waals surface area contributed by atoms with Crippen molar-refractivity contribution in [2.24, 2.45) is 0 Å². The molecule has 2 aromatic heterocycles. The van der Waals surface area contributed by atoms with Crippen LogP contribution in [0.15, 0.2) is 18.3 Å². The molecule has 1 saturated carbocycles. The molecule has 2 fully saturated rings. The fourth-order valence-electron chi connectivity index (χ4n) is 3.74. The second-order valence-corrected chi connectivity index (χ2v) is 9.51. The third kappa shape index (κ3) is 5.66. The van der Waals surface area contributed by atoms with Crippen molar-refractivity contribution in [1.82, 2.24) is 24.6 Å². The second kappa shape index (κ2) is 8.91. The van der Waals surface area contributed by atoms with Crippen molar-refractivity contribution in [3.63, 3.8) is 0 Å². The third-order valence-corrected chi connectivity index (χ3v) is 5.41. The van der Waals surface area contributed by atoms with E-state index in [2.05, 4.69) is 20.4 Å². The zero-order valence-corrected chi connectivity index (χ0v) is 19.0. The van der Waals surface area contributed by atoms with Crippen LogP contribution in [0, 0.1) is 6.92 Å². The lowest BCUT2D eigenvalue weighted by atomic mass is 9.94. The highest BCUT2D eigenvalue weighted by Crippen LogP contribution is 2.26. The lowest BCUT2D eigenvalue weighted by Gasteiger charge is -2.39. The number of alkyl halides is 1. The molecule has 1 aliphatic carbocycles. The molecule has 0 unspecified atom stereocenters. The highest BCUT2D eigenvalue weighted by Gasteiger charge is 2.35. The molecule has 174 valence electrons. The predicted molar refractivity (Wildman–Crippen MR) is 117 cm³/mol. The lowest BCUT2D eigenvalue weighted by molar-refractivity contribution is -0.0232. The summed E-state index contributed by atoms with van der Waals surface area (Å²) in [6.45, 7) is 8.27. The van der Waals surface area contributed by atoms with Crippen LogP contribution in [0.4, 0.5) is 15.0 Å². The van der Waals surface area contributed by atoms with E-state index in [-0.39, 0.29) is 18.2 Å². The molecule has 0 spiro atoms. The number of amides is 1. The molecule has 1 N–H and O–H groups in total. The molecule has 2 aliphatic rings. The maximum absolute atomic E-state index is 13.5. The van der Waals surface area contributed by atoms with Crippen LogP contribution in [0.2, 0.25) is 0 Å². The molecule has 10 heteroatoms. The standard InChI is InChI=1S/C22H31FN6O3/c1-14-9-10-29(27-14)20-25-18(24-16-7-5-15(23)6-8-16)11-19(26-20)31-17-12-28(13-17)21(30)32-22(2,3)4/h9-11,15-17H,5-8,12-13H2,1-4H3,(H,24,25,26). The molecular formula is C22H31FN6O3. The SMILES string of the molecule is Cc1ccn(-c2nc(NC3CCC(F)CC3)cc(OC3CN(C(=O)OC(C)(C)C)C3)n2)n1. The fraction of sp³-hybridized carbons (Fsp3) is 0.636. The maximum atomic E-state index is 13.5. The van der Waals surface area contributed by atoms with Gasteiger partial charge in [-0.2, -0.15) is 15.1 Å². The Labute approximate surface area is 187 Å². The number of aromatic nitrogens is 4. The van der Waals surface area contributed by atoms with E-state index >= 15 is 0 Å². The number of carbonyl (C=O) groups excluding carboxylic acids is 1. The van der Waals surface area contributed by atoms with Gasteiger partial charge in [0.05, 0.1) is 18.8 Å². The Bertz CT molecular complexity index is 945. The summed E-state index contributed by atoms with van der Waals surface area (Å²) >= 11 is 0. The maximum Gasteiger partial charge on any atom is 0.410 e. The molecule has 0 aromatic carbocycles. The van der Waals surface area contributed by atoms with Crippen LogP contribution in [0.25, 0.3) is 5.95 Å². The molecule has 0 atom stereocenters. The smallest absolute Gasteiger partial charge is 0.410 e. The number of rotatable bonds is 5. The summed E-state index contributed by atoms with van der Waals surface area (Å²) in [5, 5.41) is 7.79. The van der Waals surface area contributed by atoms with Crippen molar-refractivity contribution in [2.45, 2.75) is 77.3 Å². The number of anilines is 1. The van der Waals surface area contributed by atoms with E-state index < -0.39 is 11.8 Å². The molecule has 9 nitrogen and oxygen atoms in total. The topological polar surface area (TPSA) is 94.4 Å². The van der Waals surface area contributed by atoms with Gasteiger partial charge in [-0.05, 0) is 59.4 Å². The number of nitrogens with one attached hydrogen (secondary N) is 1. The Morgan fingerprint density at radius 3 is 2.53 bits per heavy atom. The van der Waals surface area contributed by atoms with Crippen molar-refractivity contribution in [2.75, 3.05) is 18.4 Å². The molecule has 32 heavy (non-hydrogen) atoms. The van der Waals surface area contributed by atoms with E-state index in [9.17, 15) is 9.18 Å². The van der Waals surface area contributed by atoms with E-state index in [0.717, 1.165) is 18.5 Å². The van der Waals surface area contributed by atoms with Crippen molar-refractivity contribution in [1.29, 1.82) is 0 Å². The predicted octanol–water partition coefficient (Wildman–Crippen LogP) is 3.66. The summed E-state index contributed by atoms with van der Waals surface area (Å²) < 4.78 is 26.5. The lowest BCUT2D eigenvalue weighted by Crippen LogP contribution is -2.57. The Kier molecular flexibility index (Phi) is 6.21. The number of nitrogens with zero attached hydrogens (tertiary/aromatic N) is 5. The largest absolute Gasteiger partial charge is 0.470 e. The van der Waals surface area contributed by atoms with E-state index in [1.165, 1.54) is 0 Å². The van der Waals surface area contributed by atoms with Crippen LogP contribution in [-0.4, -0.2) is 67.7 Å². The summed E-state index contributed by atoms with van der Waals surface area (Å²) in [5.74, 6) is 1.41. The monoisotopic (exact) mass is 446 g/mol. The number of hydrogen-bond acceptors (Lipinski definition) is 7. The number of halogens is 1. The van der Waals surface area contributed by atoms with E-state index in [1.807, 2.05) is 33.8 Å². The quantitative estimate of drug-likeness (QED) is 0.749. The minimum atomic E-state index is -0.716. The summed E-state index contributed by atoms with van der Waals surface area (Å²) in [6, 6.07) is 3.78. The number of likely N-dealkylation sites (tertiary alicyclic amines) is 1. The van der Waals surface area contributed by atoms with Gasteiger partial charge in [-0.3, -0.25) is 0 Å². The molecule has 1 aliphatic heterocycles. The van der Waals surface area contributed by atoms with Crippen LogP contribution in [0.1, 0.15) is 52.1 Å². The van der Waals surface area contributed by atoms with Gasteiger partial charge in [-0.15, -0.1) is 0 Å². The number of carbonyl (C=O) groups is 1. The van der Waals surface area contributed by atoms with Gasteiger partial charge in [0, 0.05) is 18.3 Å². The zero-order chi connectivity index (χ0) is 22.9. The van der Waals surface area contributed by atoms with Gasteiger partial charge >= 0.3 is 6.09 Å². The van der Waals surface area contributed by atoms with Crippen LogP contribution >= 0.6 is 0 Å². The van der Waals surface area contributed by atoms with Crippen molar-refractivity contribution < 1.29 is 18.7 Å². The highest BCUT2D eigenvalue weighted by atomic mass is 19.1. The first-order chi connectivity index (χ1) is 15.1. The fourth-order valence-corrected chi connectivity index (χ4v) is 3.74. The van der Waals surface area contributed by atoms with Gasteiger partial charge < -0.3 is 19.7 Å². The van der Waals surface area contributed by atoms with Crippen molar-refractivity contribution >= 4 is 11.9 Å². The van der Waals surface area contributed by atoms with E-state index in [4.69, 9.17) is 9.47 Å². The first-order valence-electron chi connectivity index (χ1n) is 11.1. The minimum Gasteiger partial charge on any atom is -0.470 e. The molecule has 4 rings (SSSR count). The summed E-state index contributed by atoms with van der Waals surface area (Å²) in [6.07, 6.45) is 3.17. The van der Waals surface area contributed by atoms with Gasteiger partial charge in [-0.25, -0.2) is 13.9 Å². The van der Waals surface area contributed by atoms with E-state index in [0.29, 0.717) is 43.6 Å². The normalized spacial score (nSPS) is 21.7. The Morgan fingerprint density at radius 1 is 1.19 bits per heavy atom. The Hall–Kier alpha value is -2.91. The Morgan fingerprint density at radius 2 is 1.91 bits per heavy atom. The van der Waals surface area contributed by atoms with Gasteiger partial charge in [0.1, 0.15) is 23.7 Å². The molecule has 3 heterocycles. The first kappa shape index (κ1) is 22.3. The summed E-state index contributed by atoms with van der Waals surface area (Å²) in [7, 11) is 0. The van der Waals surface area contributed by atoms with Gasteiger partial charge in [0.25, 0.3) is 5.95 Å². The highest BCUT2D eigenvalue weighted by molar-refractivity contribution is 5.69. The average Bonchev–Trinajstić information content (AvgIpc) is 3.11. The molecule has 2 aromatic rings. The second-order valence-electron chi connectivity index (χ2n) is 9.51. The molecule has 1 amide bonds. The first-order valence-corrected chi connectivity index (χ1v) is 11.1. The Balaban J connectivity index is 1.44. The van der Waals surface area contributed by atoms with Crippen molar-refractivity contribution in [3.8, 4) is 11.8 Å². The van der Waals surface area contributed by atoms with E-state index in [1.54, 1.807) is 21.8 Å². The minimum absolute atomic E-state index is 0.156. The van der Waals surface area contributed by atoms with Crippen molar-refractivity contribution in [3.05, 3.63) is 24.0 Å². The van der Waals surface area contributed by atoms with Gasteiger partial charge in [-0.1, -0.05) is 0 Å². The molecule has 0 bridgehead atoms. The van der Waals surface area contributed by atoms with Crippen LogP contribution in [0.5, 0.6) is 5.88 Å². The van der Waals surface area contributed by atoms with Crippen LogP contribution < -0.4 is 10.1 Å². The molecular weight excluding hydrogens is 415 g/mol. The average molecular weight is 447 g/mol. The van der Waals surface area contributed by atoms with Crippen LogP contribution in [0.3, 0.4) is 0 Å². The third-order valence-electron chi connectivity index (χ3n) is 5.41. The number of aryl methyl sites for hydroxylation is 1. The zero-order valence-electron chi connectivity index (χ0n) is 19.0. The molecule has 1 saturated heterocycles. The van der Waals surface area contributed by atoms with Crippen LogP contribution in [-0.2, 0) is 4.74 Å². The summed E-state index contributed by atoms with van der Waals surface area (Å²) in [4.78, 5) is 22.8. The van der Waals surface area contributed by atoms with Gasteiger partial charge in [0.15, 0.2) is 0 Å². The van der Waals surface area contributed by atoms with Gasteiger partial charge in [0.2, 0.25) is 5.88 Å². The summed E-state index contributed by atoms with van der Waals surface area (Å²) in [5.41, 5.74) is 0.316. The number of ether oxygens (including phenoxy) is 2. The number of hydrogen-bond donors (Lipinski definition) is 1. The molecule has 0 radical (unpaired) electrons.